The lowest BCUT2D eigenvalue weighted by atomic mass is 10.2. The van der Waals surface area contributed by atoms with Crippen LogP contribution in [0.25, 0.3) is 21.4 Å². The largest absolute Gasteiger partial charge is 0.368 e. The summed E-state index contributed by atoms with van der Waals surface area (Å²) < 4.78 is 5.65. The van der Waals surface area contributed by atoms with Gasteiger partial charge in [-0.25, -0.2) is 9.78 Å². The predicted octanol–water partition coefficient (Wildman–Crippen LogP) is 3.54. The zero-order valence-electron chi connectivity index (χ0n) is 20.5. The minimum absolute atomic E-state index is 0.390. The number of nitrogens with zero attached hydrogens (tertiary/aromatic N) is 6. The average Bonchev–Trinajstić information content (AvgIpc) is 3.52. The van der Waals surface area contributed by atoms with Crippen molar-refractivity contribution < 1.29 is 0 Å². The summed E-state index contributed by atoms with van der Waals surface area (Å²) in [6, 6.07) is 18.6. The molecule has 0 spiro atoms. The Balaban J connectivity index is 1.23. The maximum absolute atomic E-state index is 12.9. The van der Waals surface area contributed by atoms with Gasteiger partial charge in [-0.15, -0.1) is 11.3 Å². The Bertz CT molecular complexity index is 1630. The van der Waals surface area contributed by atoms with Crippen LogP contribution in [-0.2, 0) is 13.6 Å². The van der Waals surface area contributed by atoms with Crippen LogP contribution in [0.2, 0.25) is 0 Å². The quantitative estimate of drug-likeness (QED) is 0.253. The fraction of sp³-hybridized carbons (Fsp3) is 0.308. The van der Waals surface area contributed by atoms with E-state index in [0.29, 0.717) is 17.7 Å². The van der Waals surface area contributed by atoms with E-state index in [0.717, 1.165) is 54.2 Å². The van der Waals surface area contributed by atoms with Crippen LogP contribution in [0, 0.1) is 0 Å². The van der Waals surface area contributed by atoms with E-state index in [9.17, 15) is 9.59 Å². The fourth-order valence-corrected chi connectivity index (χ4v) is 6.84. The maximum Gasteiger partial charge on any atom is 0.329 e. The molecular weight excluding hydrogens is 506 g/mol. The number of imidazole rings is 1. The number of rotatable bonds is 7. The molecule has 4 heterocycles. The molecule has 0 unspecified atom stereocenters. The van der Waals surface area contributed by atoms with E-state index >= 15 is 0 Å². The zero-order valence-corrected chi connectivity index (χ0v) is 22.1. The van der Waals surface area contributed by atoms with Crippen molar-refractivity contribution in [3.05, 3.63) is 75.4 Å². The number of benzene rings is 2. The number of nitrogens with one attached hydrogen (secondary N) is 1. The van der Waals surface area contributed by atoms with E-state index in [1.807, 2.05) is 28.8 Å². The molecule has 5 aromatic rings. The predicted molar refractivity (Wildman–Crippen MR) is 151 cm³/mol. The molecule has 0 amide bonds. The number of H-pyrrole nitrogens is 1. The number of hydrogen-bond donors (Lipinski definition) is 1. The Morgan fingerprint density at radius 3 is 2.46 bits per heavy atom. The van der Waals surface area contributed by atoms with Crippen LogP contribution in [-0.4, -0.2) is 56.0 Å². The number of hydrogen-bond acceptors (Lipinski definition) is 8. The maximum atomic E-state index is 12.9. The highest BCUT2D eigenvalue weighted by Crippen LogP contribution is 2.30. The Kier molecular flexibility index (Phi) is 6.47. The van der Waals surface area contributed by atoms with Crippen LogP contribution in [0.1, 0.15) is 6.42 Å². The summed E-state index contributed by atoms with van der Waals surface area (Å²) >= 11 is 3.44. The highest BCUT2D eigenvalue weighted by molar-refractivity contribution is 8.01. The van der Waals surface area contributed by atoms with Crippen LogP contribution >= 0.6 is 23.1 Å². The monoisotopic (exact) mass is 533 g/mol. The molecular formula is C26H27N7O2S2. The molecule has 0 aliphatic carbocycles. The molecule has 0 saturated carbocycles. The SMILES string of the molecule is Cn1c(=O)[nH]c(=O)c2c1nc(N1CCN(c3ccccc3)CC1)n2CCCSc1nc2ccccc2s1. The number of piperazine rings is 1. The van der Waals surface area contributed by atoms with Crippen LogP contribution in [0.3, 0.4) is 0 Å². The van der Waals surface area contributed by atoms with Gasteiger partial charge in [-0.1, -0.05) is 42.1 Å². The molecule has 1 saturated heterocycles. The number of anilines is 2. The number of thiazole rings is 1. The first kappa shape index (κ1) is 23.8. The van der Waals surface area contributed by atoms with Crippen molar-refractivity contribution in [1.29, 1.82) is 0 Å². The molecule has 0 atom stereocenters. The van der Waals surface area contributed by atoms with Crippen molar-refractivity contribution in [3.63, 3.8) is 0 Å². The number of para-hydroxylation sites is 2. The molecule has 3 aromatic heterocycles. The van der Waals surface area contributed by atoms with Crippen molar-refractivity contribution in [2.24, 2.45) is 7.05 Å². The molecule has 1 aliphatic rings. The van der Waals surface area contributed by atoms with Gasteiger partial charge in [-0.2, -0.15) is 4.98 Å². The van der Waals surface area contributed by atoms with E-state index < -0.39 is 11.2 Å². The lowest BCUT2D eigenvalue weighted by Crippen LogP contribution is -2.47. The first-order valence-electron chi connectivity index (χ1n) is 12.3. The van der Waals surface area contributed by atoms with Crippen LogP contribution in [0.5, 0.6) is 0 Å². The standard InChI is InChI=1S/C26H27N7O2S2/c1-30-22-21(23(34)29-25(30)35)33(12-7-17-36-26-27-19-10-5-6-11-20(19)37-26)24(28-22)32-15-13-31(14-16-32)18-8-3-2-4-9-18/h2-6,8-11H,7,12-17H2,1H3,(H,29,34,35). The molecule has 190 valence electrons. The zero-order chi connectivity index (χ0) is 25.4. The van der Waals surface area contributed by atoms with Gasteiger partial charge in [-0.3, -0.25) is 14.3 Å². The van der Waals surface area contributed by atoms with Crippen molar-refractivity contribution in [2.45, 2.75) is 17.3 Å². The summed E-state index contributed by atoms with van der Waals surface area (Å²) in [7, 11) is 1.65. The number of fused-ring (bicyclic) bond motifs is 2. The second kappa shape index (κ2) is 10.1. The Morgan fingerprint density at radius 2 is 1.68 bits per heavy atom. The second-order valence-corrected chi connectivity index (χ2v) is 11.4. The van der Waals surface area contributed by atoms with Crippen LogP contribution in [0.15, 0.2) is 68.5 Å². The topological polar surface area (TPSA) is 92.0 Å². The number of thioether (sulfide) groups is 1. The van der Waals surface area contributed by atoms with Gasteiger partial charge in [0.05, 0.1) is 10.2 Å². The minimum Gasteiger partial charge on any atom is -0.368 e. The van der Waals surface area contributed by atoms with Gasteiger partial charge in [0.15, 0.2) is 15.5 Å². The van der Waals surface area contributed by atoms with Crippen LogP contribution in [0.4, 0.5) is 11.6 Å². The van der Waals surface area contributed by atoms with Gasteiger partial charge >= 0.3 is 5.69 Å². The summed E-state index contributed by atoms with van der Waals surface area (Å²) in [5.74, 6) is 1.61. The molecule has 9 nitrogen and oxygen atoms in total. The van der Waals surface area contributed by atoms with E-state index in [-0.39, 0.29) is 0 Å². The molecule has 0 bridgehead atoms. The van der Waals surface area contributed by atoms with Gasteiger partial charge in [0.1, 0.15) is 0 Å². The first-order valence-corrected chi connectivity index (χ1v) is 14.1. The van der Waals surface area contributed by atoms with Gasteiger partial charge in [0.25, 0.3) is 5.56 Å². The van der Waals surface area contributed by atoms with Gasteiger partial charge in [-0.05, 0) is 30.7 Å². The smallest absolute Gasteiger partial charge is 0.329 e. The molecule has 11 heteroatoms. The van der Waals surface area contributed by atoms with Gasteiger partial charge < -0.3 is 14.4 Å². The van der Waals surface area contributed by atoms with Crippen molar-refractivity contribution >= 4 is 56.1 Å². The Morgan fingerprint density at radius 1 is 0.946 bits per heavy atom. The summed E-state index contributed by atoms with van der Waals surface area (Å²) in [5, 5.41) is 0. The number of aromatic nitrogens is 5. The van der Waals surface area contributed by atoms with Gasteiger partial charge in [0.2, 0.25) is 5.95 Å². The summed E-state index contributed by atoms with van der Waals surface area (Å²) in [4.78, 5) is 41.7. The van der Waals surface area contributed by atoms with Crippen molar-refractivity contribution in [3.8, 4) is 0 Å². The fourth-order valence-electron chi connectivity index (χ4n) is 4.77. The molecule has 1 fully saturated rings. The van der Waals surface area contributed by atoms with Crippen molar-refractivity contribution in [2.75, 3.05) is 41.7 Å². The third-order valence-corrected chi connectivity index (χ3v) is 8.96. The highest BCUT2D eigenvalue weighted by atomic mass is 32.2. The third kappa shape index (κ3) is 4.64. The first-order chi connectivity index (χ1) is 18.1. The lowest BCUT2D eigenvalue weighted by Gasteiger charge is -2.36. The summed E-state index contributed by atoms with van der Waals surface area (Å²) in [6.07, 6.45) is 0.839. The molecule has 0 radical (unpaired) electrons. The van der Waals surface area contributed by atoms with Gasteiger partial charge in [0, 0.05) is 51.2 Å². The van der Waals surface area contributed by atoms with E-state index in [4.69, 9.17) is 9.97 Å². The molecule has 2 aromatic carbocycles. The highest BCUT2D eigenvalue weighted by Gasteiger charge is 2.25. The van der Waals surface area contributed by atoms with E-state index in [1.165, 1.54) is 15.0 Å². The second-order valence-electron chi connectivity index (χ2n) is 9.01. The molecule has 6 rings (SSSR count). The number of aryl methyl sites for hydroxylation is 2. The third-order valence-electron chi connectivity index (χ3n) is 6.70. The normalized spacial score (nSPS) is 14.2. The average molecular weight is 534 g/mol. The molecule has 1 aliphatic heterocycles. The van der Waals surface area contributed by atoms with Crippen molar-refractivity contribution in [1.82, 2.24) is 24.1 Å². The summed E-state index contributed by atoms with van der Waals surface area (Å²) in [5.41, 5.74) is 2.27. The van der Waals surface area contributed by atoms with E-state index in [1.54, 1.807) is 30.1 Å². The Hall–Kier alpha value is -3.57. The molecule has 37 heavy (non-hydrogen) atoms. The van der Waals surface area contributed by atoms with E-state index in [2.05, 4.69) is 45.1 Å². The molecule has 1 N–H and O–H groups in total. The lowest BCUT2D eigenvalue weighted by molar-refractivity contribution is 0.610. The van der Waals surface area contributed by atoms with Crippen LogP contribution < -0.4 is 21.0 Å². The summed E-state index contributed by atoms with van der Waals surface area (Å²) in [6.45, 7) is 3.91. The Labute approximate surface area is 221 Å². The minimum atomic E-state index is -0.450. The number of aromatic amines is 1.